The second-order valence-corrected chi connectivity index (χ2v) is 8.38. The SMILES string of the molecule is CC1CN(C)CCCN1C1CC(C(C)(C)C)CCC1C#N. The molecule has 2 rings (SSSR count). The molecule has 0 N–H and O–H groups in total. The summed E-state index contributed by atoms with van der Waals surface area (Å²) in [5.41, 5.74) is 0.366. The molecule has 1 saturated carbocycles. The minimum Gasteiger partial charge on any atom is -0.305 e. The molecule has 0 bridgehead atoms. The highest BCUT2D eigenvalue weighted by Crippen LogP contribution is 2.42. The molecule has 0 amide bonds. The van der Waals surface area contributed by atoms with Crippen LogP contribution < -0.4 is 0 Å². The van der Waals surface area contributed by atoms with Gasteiger partial charge in [-0.2, -0.15) is 5.26 Å². The summed E-state index contributed by atoms with van der Waals surface area (Å²) in [6, 6.07) is 3.65. The zero-order valence-corrected chi connectivity index (χ0v) is 14.6. The van der Waals surface area contributed by atoms with Gasteiger partial charge in [-0.25, -0.2) is 0 Å². The van der Waals surface area contributed by atoms with Crippen molar-refractivity contribution < 1.29 is 0 Å². The normalized spacial score (nSPS) is 37.0. The maximum Gasteiger partial charge on any atom is 0.0672 e. The molecule has 21 heavy (non-hydrogen) atoms. The summed E-state index contributed by atoms with van der Waals surface area (Å²) in [6.45, 7) is 12.9. The van der Waals surface area contributed by atoms with E-state index in [1.807, 2.05) is 0 Å². The Labute approximate surface area is 131 Å². The van der Waals surface area contributed by atoms with Crippen LogP contribution in [0.2, 0.25) is 0 Å². The van der Waals surface area contributed by atoms with E-state index in [1.165, 1.54) is 25.8 Å². The van der Waals surface area contributed by atoms with E-state index in [2.05, 4.69) is 50.6 Å². The van der Waals surface area contributed by atoms with Crippen LogP contribution in [0.25, 0.3) is 0 Å². The number of hydrogen-bond donors (Lipinski definition) is 0. The van der Waals surface area contributed by atoms with Gasteiger partial charge >= 0.3 is 0 Å². The number of rotatable bonds is 1. The average molecular weight is 291 g/mol. The van der Waals surface area contributed by atoms with E-state index in [0.717, 1.165) is 25.4 Å². The van der Waals surface area contributed by atoms with Crippen LogP contribution >= 0.6 is 0 Å². The summed E-state index contributed by atoms with van der Waals surface area (Å²) in [4.78, 5) is 5.10. The fourth-order valence-corrected chi connectivity index (χ4v) is 4.33. The van der Waals surface area contributed by atoms with Gasteiger partial charge < -0.3 is 4.90 Å². The van der Waals surface area contributed by atoms with Crippen molar-refractivity contribution in [2.75, 3.05) is 26.7 Å². The van der Waals surface area contributed by atoms with Crippen molar-refractivity contribution in [3.63, 3.8) is 0 Å². The minimum atomic E-state index is 0.231. The van der Waals surface area contributed by atoms with Crippen LogP contribution in [0.5, 0.6) is 0 Å². The Morgan fingerprint density at radius 1 is 1.14 bits per heavy atom. The molecular formula is C18H33N3. The third kappa shape index (κ3) is 3.99. The Kier molecular flexibility index (Phi) is 5.33. The molecule has 1 aliphatic heterocycles. The fraction of sp³-hybridized carbons (Fsp3) is 0.944. The number of hydrogen-bond acceptors (Lipinski definition) is 3. The summed E-state index contributed by atoms with van der Waals surface area (Å²) in [5.74, 6) is 0.981. The standard InChI is InChI=1S/C18H33N3/c1-14-13-20(5)9-6-10-21(14)17-11-16(18(2,3)4)8-7-15(17)12-19/h14-17H,6-11,13H2,1-5H3. The molecule has 0 spiro atoms. The van der Waals surface area contributed by atoms with Crippen molar-refractivity contribution in [2.45, 2.75) is 65.5 Å². The second kappa shape index (κ2) is 6.67. The van der Waals surface area contributed by atoms with Crippen molar-refractivity contribution in [1.29, 1.82) is 5.26 Å². The fourth-order valence-electron chi connectivity index (χ4n) is 4.33. The van der Waals surface area contributed by atoms with Gasteiger partial charge in [-0.3, -0.25) is 4.90 Å². The van der Waals surface area contributed by atoms with Gasteiger partial charge in [-0.1, -0.05) is 20.8 Å². The quantitative estimate of drug-likeness (QED) is 0.742. The van der Waals surface area contributed by atoms with E-state index < -0.39 is 0 Å². The Bertz CT molecular complexity index is 379. The molecule has 1 heterocycles. The van der Waals surface area contributed by atoms with Crippen molar-refractivity contribution in [3.05, 3.63) is 0 Å². The first kappa shape index (κ1) is 16.8. The molecule has 4 atom stereocenters. The molecule has 1 saturated heterocycles. The van der Waals surface area contributed by atoms with Crippen molar-refractivity contribution >= 4 is 0 Å². The smallest absolute Gasteiger partial charge is 0.0672 e. The third-order valence-corrected chi connectivity index (χ3v) is 5.73. The van der Waals surface area contributed by atoms with Crippen molar-refractivity contribution in [2.24, 2.45) is 17.3 Å². The molecule has 0 aromatic carbocycles. The topological polar surface area (TPSA) is 30.3 Å². The maximum absolute atomic E-state index is 9.60. The first-order chi connectivity index (χ1) is 9.82. The Morgan fingerprint density at radius 2 is 1.86 bits per heavy atom. The Balaban J connectivity index is 2.14. The molecular weight excluding hydrogens is 258 g/mol. The third-order valence-electron chi connectivity index (χ3n) is 5.73. The van der Waals surface area contributed by atoms with Crippen LogP contribution in [0.3, 0.4) is 0 Å². The Hall–Kier alpha value is -0.590. The zero-order valence-electron chi connectivity index (χ0n) is 14.6. The van der Waals surface area contributed by atoms with Crippen molar-refractivity contribution in [3.8, 4) is 6.07 Å². The van der Waals surface area contributed by atoms with Gasteiger partial charge in [0.1, 0.15) is 0 Å². The van der Waals surface area contributed by atoms with Crippen LogP contribution in [0.1, 0.15) is 53.4 Å². The van der Waals surface area contributed by atoms with Crippen molar-refractivity contribution in [1.82, 2.24) is 9.80 Å². The summed E-state index contributed by atoms with van der Waals surface area (Å²) in [6.07, 6.45) is 4.74. The highest BCUT2D eigenvalue weighted by molar-refractivity contribution is 5.00. The van der Waals surface area contributed by atoms with Crippen LogP contribution in [0, 0.1) is 28.6 Å². The van der Waals surface area contributed by atoms with E-state index >= 15 is 0 Å². The number of nitrogens with zero attached hydrogens (tertiary/aromatic N) is 3. The lowest BCUT2D eigenvalue weighted by molar-refractivity contribution is 0.0397. The zero-order chi connectivity index (χ0) is 15.6. The van der Waals surface area contributed by atoms with E-state index in [4.69, 9.17) is 0 Å². The first-order valence-electron chi connectivity index (χ1n) is 8.67. The average Bonchev–Trinajstić information content (AvgIpc) is 2.57. The van der Waals surface area contributed by atoms with E-state index in [9.17, 15) is 5.26 Å². The van der Waals surface area contributed by atoms with Gasteiger partial charge in [-0.15, -0.1) is 0 Å². The molecule has 4 unspecified atom stereocenters. The van der Waals surface area contributed by atoms with Gasteiger partial charge in [0, 0.05) is 25.2 Å². The summed E-state index contributed by atoms with van der Waals surface area (Å²) < 4.78 is 0. The second-order valence-electron chi connectivity index (χ2n) is 8.38. The Morgan fingerprint density at radius 3 is 2.48 bits per heavy atom. The molecule has 120 valence electrons. The highest BCUT2D eigenvalue weighted by Gasteiger charge is 2.40. The van der Waals surface area contributed by atoms with Gasteiger partial charge in [-0.05, 0) is 57.5 Å². The van der Waals surface area contributed by atoms with Gasteiger partial charge in [0.25, 0.3) is 0 Å². The molecule has 1 aliphatic carbocycles. The predicted molar refractivity (Wildman–Crippen MR) is 88.0 cm³/mol. The molecule has 0 aromatic heterocycles. The van der Waals surface area contributed by atoms with Crippen LogP contribution in [0.4, 0.5) is 0 Å². The number of likely N-dealkylation sites (N-methyl/N-ethyl adjacent to an activating group) is 1. The number of nitriles is 1. The summed E-state index contributed by atoms with van der Waals surface area (Å²) in [5, 5.41) is 9.60. The van der Waals surface area contributed by atoms with Crippen LogP contribution in [-0.2, 0) is 0 Å². The summed E-state index contributed by atoms with van der Waals surface area (Å²) >= 11 is 0. The predicted octanol–water partition coefficient (Wildman–Crippen LogP) is 3.37. The van der Waals surface area contributed by atoms with Gasteiger partial charge in [0.15, 0.2) is 0 Å². The monoisotopic (exact) mass is 291 g/mol. The molecule has 3 nitrogen and oxygen atoms in total. The van der Waals surface area contributed by atoms with Gasteiger partial charge in [0.05, 0.1) is 12.0 Å². The largest absolute Gasteiger partial charge is 0.305 e. The van der Waals surface area contributed by atoms with E-state index in [0.29, 0.717) is 17.5 Å². The van der Waals surface area contributed by atoms with E-state index in [1.54, 1.807) is 0 Å². The molecule has 2 fully saturated rings. The summed E-state index contributed by atoms with van der Waals surface area (Å²) in [7, 11) is 2.22. The molecule has 2 aliphatic rings. The van der Waals surface area contributed by atoms with E-state index in [-0.39, 0.29) is 5.92 Å². The maximum atomic E-state index is 9.60. The first-order valence-corrected chi connectivity index (χ1v) is 8.67. The lowest BCUT2D eigenvalue weighted by atomic mass is 9.67. The lowest BCUT2D eigenvalue weighted by Gasteiger charge is -2.46. The van der Waals surface area contributed by atoms with Crippen LogP contribution in [-0.4, -0.2) is 48.6 Å². The van der Waals surface area contributed by atoms with Crippen LogP contribution in [0.15, 0.2) is 0 Å². The molecule has 0 aromatic rings. The lowest BCUT2D eigenvalue weighted by Crippen LogP contribution is -2.51. The highest BCUT2D eigenvalue weighted by atomic mass is 15.2. The minimum absolute atomic E-state index is 0.231. The molecule has 3 heteroatoms. The molecule has 0 radical (unpaired) electrons. The van der Waals surface area contributed by atoms with Gasteiger partial charge in [0.2, 0.25) is 0 Å².